The van der Waals surface area contributed by atoms with Crippen molar-refractivity contribution in [3.63, 3.8) is 0 Å². The van der Waals surface area contributed by atoms with Gasteiger partial charge in [-0.05, 0) is 12.1 Å². The van der Waals surface area contributed by atoms with Crippen molar-refractivity contribution >= 4 is 5.82 Å². The lowest BCUT2D eigenvalue weighted by Crippen LogP contribution is -2.17. The highest BCUT2D eigenvalue weighted by atomic mass is 19.1. The molecule has 0 aliphatic heterocycles. The van der Waals surface area contributed by atoms with Crippen LogP contribution in [0.15, 0.2) is 24.4 Å². The Hall–Kier alpha value is -2.79. The van der Waals surface area contributed by atoms with Crippen molar-refractivity contribution in [1.82, 2.24) is 15.4 Å². The lowest BCUT2D eigenvalue weighted by Gasteiger charge is -2.08. The summed E-state index contributed by atoms with van der Waals surface area (Å²) in [4.78, 5) is 7.67. The number of nitrogens with one attached hydrogen (secondary N) is 2. The summed E-state index contributed by atoms with van der Waals surface area (Å²) < 4.78 is 31.3. The van der Waals surface area contributed by atoms with E-state index in [9.17, 15) is 8.78 Å². The maximum Gasteiger partial charge on any atom is 0.324 e. The number of ether oxygens (including phenoxy) is 1. The minimum Gasteiger partial charge on any atom is -0.421 e. The number of rotatable bonds is 4. The summed E-state index contributed by atoms with van der Waals surface area (Å²) in [5.74, 6) is -1.62. The predicted molar refractivity (Wildman–Crippen MR) is 65.9 cm³/mol. The average molecular weight is 277 g/mol. The van der Waals surface area contributed by atoms with E-state index in [0.717, 1.165) is 12.1 Å². The summed E-state index contributed by atoms with van der Waals surface area (Å²) in [6, 6.07) is 4.57. The standard InChI is InChI=1S/C12H9F2N5O/c1-16-19-11-7(5-15)6-17-12(18-11)20-10-3-2-8(13)4-9(10)14/h2-4,6,16H,1H3,(H,17,18,19). The van der Waals surface area contributed by atoms with Gasteiger partial charge < -0.3 is 10.2 Å². The lowest BCUT2D eigenvalue weighted by atomic mass is 10.3. The molecular formula is C12H9F2N5O. The molecule has 8 heteroatoms. The van der Waals surface area contributed by atoms with Crippen LogP contribution in [-0.2, 0) is 0 Å². The van der Waals surface area contributed by atoms with Crippen LogP contribution in [0.5, 0.6) is 11.8 Å². The fourth-order valence-electron chi connectivity index (χ4n) is 1.37. The van der Waals surface area contributed by atoms with E-state index in [-0.39, 0.29) is 23.1 Å². The maximum atomic E-state index is 13.4. The molecule has 2 aromatic rings. The number of aromatic nitrogens is 2. The van der Waals surface area contributed by atoms with Crippen molar-refractivity contribution in [2.24, 2.45) is 0 Å². The fourth-order valence-corrected chi connectivity index (χ4v) is 1.37. The SMILES string of the molecule is CNNc1nc(Oc2ccc(F)cc2F)ncc1C#N. The maximum absolute atomic E-state index is 13.4. The van der Waals surface area contributed by atoms with Crippen LogP contribution in [0.1, 0.15) is 5.56 Å². The molecule has 2 rings (SSSR count). The van der Waals surface area contributed by atoms with Crippen LogP contribution in [0, 0.1) is 23.0 Å². The smallest absolute Gasteiger partial charge is 0.324 e. The van der Waals surface area contributed by atoms with Gasteiger partial charge in [-0.2, -0.15) is 10.2 Å². The summed E-state index contributed by atoms with van der Waals surface area (Å²) >= 11 is 0. The Morgan fingerprint density at radius 2 is 2.15 bits per heavy atom. The third-order valence-corrected chi connectivity index (χ3v) is 2.23. The van der Waals surface area contributed by atoms with Crippen molar-refractivity contribution < 1.29 is 13.5 Å². The number of anilines is 1. The first kappa shape index (κ1) is 13.6. The van der Waals surface area contributed by atoms with Crippen molar-refractivity contribution in [2.45, 2.75) is 0 Å². The third-order valence-electron chi connectivity index (χ3n) is 2.23. The van der Waals surface area contributed by atoms with Crippen LogP contribution in [0.4, 0.5) is 14.6 Å². The Morgan fingerprint density at radius 3 is 2.80 bits per heavy atom. The number of hydrogen-bond acceptors (Lipinski definition) is 6. The van der Waals surface area contributed by atoms with E-state index in [1.165, 1.54) is 6.20 Å². The second-order valence-corrected chi connectivity index (χ2v) is 3.58. The Labute approximate surface area is 113 Å². The van der Waals surface area contributed by atoms with Gasteiger partial charge in [-0.3, -0.25) is 0 Å². The number of hydrogen-bond donors (Lipinski definition) is 2. The second kappa shape index (κ2) is 5.90. The van der Waals surface area contributed by atoms with E-state index in [4.69, 9.17) is 10.00 Å². The van der Waals surface area contributed by atoms with Crippen LogP contribution in [0.25, 0.3) is 0 Å². The Balaban J connectivity index is 2.29. The number of nitrogens with zero attached hydrogens (tertiary/aromatic N) is 3. The van der Waals surface area contributed by atoms with Crippen LogP contribution in [0.2, 0.25) is 0 Å². The number of nitriles is 1. The largest absolute Gasteiger partial charge is 0.421 e. The van der Waals surface area contributed by atoms with E-state index in [0.29, 0.717) is 6.07 Å². The molecule has 2 N–H and O–H groups in total. The Morgan fingerprint density at radius 1 is 1.35 bits per heavy atom. The molecule has 0 atom stereocenters. The Kier molecular flexibility index (Phi) is 4.02. The van der Waals surface area contributed by atoms with Gasteiger partial charge in [0, 0.05) is 13.1 Å². The van der Waals surface area contributed by atoms with E-state index < -0.39 is 11.6 Å². The minimum absolute atomic E-state index is 0.174. The summed E-state index contributed by atoms with van der Waals surface area (Å²) in [6.07, 6.45) is 1.23. The van der Waals surface area contributed by atoms with Gasteiger partial charge in [0.2, 0.25) is 0 Å². The molecule has 0 radical (unpaired) electrons. The quantitative estimate of drug-likeness (QED) is 0.831. The molecule has 1 aromatic heterocycles. The first-order chi connectivity index (χ1) is 9.63. The monoisotopic (exact) mass is 277 g/mol. The van der Waals surface area contributed by atoms with Gasteiger partial charge in [0.25, 0.3) is 0 Å². The molecule has 1 heterocycles. The molecule has 20 heavy (non-hydrogen) atoms. The van der Waals surface area contributed by atoms with Crippen LogP contribution in [0.3, 0.4) is 0 Å². The van der Waals surface area contributed by atoms with Gasteiger partial charge in [0.15, 0.2) is 17.4 Å². The molecular weight excluding hydrogens is 268 g/mol. The number of hydrazine groups is 1. The van der Waals surface area contributed by atoms with E-state index >= 15 is 0 Å². The molecule has 102 valence electrons. The first-order valence-corrected chi connectivity index (χ1v) is 5.47. The zero-order chi connectivity index (χ0) is 14.5. The summed E-state index contributed by atoms with van der Waals surface area (Å²) in [7, 11) is 1.59. The molecule has 0 unspecified atom stereocenters. The molecule has 0 aliphatic carbocycles. The topological polar surface area (TPSA) is 82.9 Å². The van der Waals surface area contributed by atoms with Gasteiger partial charge in [0.05, 0.1) is 6.20 Å². The molecule has 0 spiro atoms. The molecule has 1 aromatic carbocycles. The zero-order valence-electron chi connectivity index (χ0n) is 10.3. The van der Waals surface area contributed by atoms with E-state index in [1.54, 1.807) is 7.05 Å². The van der Waals surface area contributed by atoms with Gasteiger partial charge in [0.1, 0.15) is 17.4 Å². The second-order valence-electron chi connectivity index (χ2n) is 3.58. The molecule has 6 nitrogen and oxygen atoms in total. The molecule has 0 aliphatic rings. The van der Waals surface area contributed by atoms with Crippen molar-refractivity contribution in [1.29, 1.82) is 5.26 Å². The van der Waals surface area contributed by atoms with Gasteiger partial charge in [-0.15, -0.1) is 0 Å². The number of halogens is 2. The highest BCUT2D eigenvalue weighted by molar-refractivity contribution is 5.50. The van der Waals surface area contributed by atoms with Crippen LogP contribution in [-0.4, -0.2) is 17.0 Å². The van der Waals surface area contributed by atoms with Gasteiger partial charge in [-0.25, -0.2) is 19.2 Å². The van der Waals surface area contributed by atoms with E-state index in [1.807, 2.05) is 6.07 Å². The summed E-state index contributed by atoms with van der Waals surface area (Å²) in [6.45, 7) is 0. The molecule has 0 amide bonds. The fraction of sp³-hybridized carbons (Fsp3) is 0.0833. The normalized spacial score (nSPS) is 9.90. The van der Waals surface area contributed by atoms with E-state index in [2.05, 4.69) is 20.8 Å². The van der Waals surface area contributed by atoms with Crippen molar-refractivity contribution in [3.05, 3.63) is 41.6 Å². The molecule has 0 bridgehead atoms. The molecule has 0 fully saturated rings. The summed E-state index contributed by atoms with van der Waals surface area (Å²) in [5, 5.41) is 8.86. The molecule has 0 saturated carbocycles. The van der Waals surface area contributed by atoms with Crippen molar-refractivity contribution in [2.75, 3.05) is 12.5 Å². The van der Waals surface area contributed by atoms with Crippen molar-refractivity contribution in [3.8, 4) is 17.8 Å². The first-order valence-electron chi connectivity index (χ1n) is 5.47. The van der Waals surface area contributed by atoms with Crippen LogP contribution >= 0.6 is 0 Å². The third kappa shape index (κ3) is 2.96. The highest BCUT2D eigenvalue weighted by Crippen LogP contribution is 2.23. The molecule has 0 saturated heterocycles. The van der Waals surface area contributed by atoms with Crippen LogP contribution < -0.4 is 15.6 Å². The zero-order valence-corrected chi connectivity index (χ0v) is 10.3. The predicted octanol–water partition coefficient (Wildman–Crippen LogP) is 1.97. The minimum atomic E-state index is -0.874. The Bertz CT molecular complexity index is 671. The average Bonchev–Trinajstić information content (AvgIpc) is 2.43. The van der Waals surface area contributed by atoms with Gasteiger partial charge >= 0.3 is 6.01 Å². The highest BCUT2D eigenvalue weighted by Gasteiger charge is 2.11. The summed E-state index contributed by atoms with van der Waals surface area (Å²) in [5.41, 5.74) is 5.40. The number of benzene rings is 1. The van der Waals surface area contributed by atoms with Gasteiger partial charge in [-0.1, -0.05) is 0 Å². The lowest BCUT2D eigenvalue weighted by molar-refractivity contribution is 0.408.